The zero-order valence-corrected chi connectivity index (χ0v) is 16.3. The topological polar surface area (TPSA) is 18.8 Å². The number of piperazine rings is 1. The highest BCUT2D eigenvalue weighted by Gasteiger charge is 2.33. The smallest absolute Gasteiger partial charge is 0.0615 e. The van der Waals surface area contributed by atoms with Gasteiger partial charge in [-0.2, -0.15) is 5.10 Å². The summed E-state index contributed by atoms with van der Waals surface area (Å²) in [5.74, 6) is 0. The van der Waals surface area contributed by atoms with Crippen LogP contribution in [-0.2, 0) is 0 Å². The molecule has 1 aliphatic heterocycles. The van der Waals surface area contributed by atoms with E-state index in [2.05, 4.69) is 89.6 Å². The minimum Gasteiger partial charge on any atom is -0.294 e. The molecular formula is C25H25N3. The third-order valence-electron chi connectivity index (χ3n) is 5.90. The third-order valence-corrected chi connectivity index (χ3v) is 5.90. The first kappa shape index (κ1) is 17.2. The van der Waals surface area contributed by atoms with Crippen LogP contribution < -0.4 is 0 Å². The summed E-state index contributed by atoms with van der Waals surface area (Å²) >= 11 is 0. The Bertz CT molecular complexity index is 953. The molecule has 0 aromatic heterocycles. The van der Waals surface area contributed by atoms with E-state index in [-0.39, 0.29) is 0 Å². The second-order valence-corrected chi connectivity index (χ2v) is 7.72. The van der Waals surface area contributed by atoms with Gasteiger partial charge in [0.2, 0.25) is 0 Å². The van der Waals surface area contributed by atoms with Crippen LogP contribution in [0.3, 0.4) is 0 Å². The normalized spacial score (nSPS) is 17.1. The number of nitrogens with zero attached hydrogens (tertiary/aromatic N) is 3. The summed E-state index contributed by atoms with van der Waals surface area (Å²) in [6.45, 7) is 6.09. The average Bonchev–Trinajstić information content (AvgIpc) is 3.08. The SMILES string of the molecule is Cc1ccc(C=NN2CCN(C3c4ccccc4-c4ccccc43)CC2)cc1. The molecule has 3 aromatic rings. The summed E-state index contributed by atoms with van der Waals surface area (Å²) in [7, 11) is 0. The first-order valence-corrected chi connectivity index (χ1v) is 10.1. The maximum absolute atomic E-state index is 4.71. The molecule has 1 heterocycles. The summed E-state index contributed by atoms with van der Waals surface area (Å²) in [6.07, 6.45) is 1.98. The van der Waals surface area contributed by atoms with Crippen LogP contribution in [0.5, 0.6) is 0 Å². The summed E-state index contributed by atoms with van der Waals surface area (Å²) in [4.78, 5) is 2.61. The Morgan fingerprint density at radius 2 is 1.32 bits per heavy atom. The second-order valence-electron chi connectivity index (χ2n) is 7.72. The Morgan fingerprint density at radius 3 is 1.93 bits per heavy atom. The highest BCUT2D eigenvalue weighted by Crippen LogP contribution is 2.46. The van der Waals surface area contributed by atoms with Crippen molar-refractivity contribution in [2.75, 3.05) is 26.2 Å². The molecule has 0 radical (unpaired) electrons. The molecule has 0 amide bonds. The zero-order chi connectivity index (χ0) is 18.9. The van der Waals surface area contributed by atoms with Gasteiger partial charge in [0.25, 0.3) is 0 Å². The van der Waals surface area contributed by atoms with Gasteiger partial charge in [0.1, 0.15) is 0 Å². The lowest BCUT2D eigenvalue weighted by molar-refractivity contribution is 0.114. The molecule has 5 rings (SSSR count). The lowest BCUT2D eigenvalue weighted by atomic mass is 10.0. The molecule has 3 nitrogen and oxygen atoms in total. The lowest BCUT2D eigenvalue weighted by Gasteiger charge is -2.37. The van der Waals surface area contributed by atoms with E-state index in [9.17, 15) is 0 Å². The standard InChI is InChI=1S/C25H25N3/c1-19-10-12-20(13-11-19)18-26-28-16-14-27(15-17-28)25-23-8-4-2-6-21(23)22-7-3-5-9-24(22)25/h2-13,18,25H,14-17H2,1H3. The monoisotopic (exact) mass is 367 g/mol. The Hall–Kier alpha value is -2.91. The molecule has 3 aromatic carbocycles. The van der Waals surface area contributed by atoms with Crippen molar-refractivity contribution in [3.63, 3.8) is 0 Å². The van der Waals surface area contributed by atoms with Crippen molar-refractivity contribution in [2.24, 2.45) is 5.10 Å². The Kier molecular flexibility index (Phi) is 4.46. The van der Waals surface area contributed by atoms with Gasteiger partial charge < -0.3 is 0 Å². The van der Waals surface area contributed by atoms with E-state index < -0.39 is 0 Å². The van der Waals surface area contributed by atoms with Crippen molar-refractivity contribution in [1.82, 2.24) is 9.91 Å². The zero-order valence-electron chi connectivity index (χ0n) is 16.3. The number of rotatable bonds is 3. The van der Waals surface area contributed by atoms with Crippen LogP contribution >= 0.6 is 0 Å². The van der Waals surface area contributed by atoms with Gasteiger partial charge in [-0.3, -0.25) is 9.91 Å². The van der Waals surface area contributed by atoms with Gasteiger partial charge in [0.15, 0.2) is 0 Å². The molecule has 0 bridgehead atoms. The third kappa shape index (κ3) is 3.12. The minimum absolute atomic E-state index is 0.371. The van der Waals surface area contributed by atoms with Gasteiger partial charge in [-0.05, 0) is 34.7 Å². The highest BCUT2D eigenvalue weighted by atomic mass is 15.5. The maximum Gasteiger partial charge on any atom is 0.0615 e. The second kappa shape index (κ2) is 7.25. The Morgan fingerprint density at radius 1 is 0.750 bits per heavy atom. The van der Waals surface area contributed by atoms with Crippen LogP contribution in [0.15, 0.2) is 77.9 Å². The van der Waals surface area contributed by atoms with E-state index in [0.717, 1.165) is 31.7 Å². The Labute approximate surface area is 166 Å². The van der Waals surface area contributed by atoms with Crippen LogP contribution in [0.25, 0.3) is 11.1 Å². The molecule has 0 spiro atoms. The van der Waals surface area contributed by atoms with Gasteiger partial charge in [-0.15, -0.1) is 0 Å². The van der Waals surface area contributed by atoms with E-state index in [0.29, 0.717) is 6.04 Å². The fourth-order valence-electron chi connectivity index (χ4n) is 4.41. The van der Waals surface area contributed by atoms with Crippen LogP contribution in [0.2, 0.25) is 0 Å². The fourth-order valence-corrected chi connectivity index (χ4v) is 4.41. The number of aryl methyl sites for hydroxylation is 1. The van der Waals surface area contributed by atoms with E-state index in [1.165, 1.54) is 27.8 Å². The molecule has 1 aliphatic carbocycles. The number of hydrazone groups is 1. The van der Waals surface area contributed by atoms with Gasteiger partial charge in [0, 0.05) is 26.2 Å². The molecule has 0 saturated carbocycles. The largest absolute Gasteiger partial charge is 0.294 e. The number of hydrogen-bond donors (Lipinski definition) is 0. The quantitative estimate of drug-likeness (QED) is 0.624. The predicted molar refractivity (Wildman–Crippen MR) is 116 cm³/mol. The van der Waals surface area contributed by atoms with Gasteiger partial charge in [-0.1, -0.05) is 78.4 Å². The molecule has 28 heavy (non-hydrogen) atoms. The van der Waals surface area contributed by atoms with Crippen molar-refractivity contribution in [2.45, 2.75) is 13.0 Å². The summed E-state index contributed by atoms with van der Waals surface area (Å²) in [5, 5.41) is 6.91. The first-order chi connectivity index (χ1) is 13.8. The molecule has 2 aliphatic rings. The molecular weight excluding hydrogens is 342 g/mol. The van der Waals surface area contributed by atoms with Crippen molar-refractivity contribution >= 4 is 6.21 Å². The fraction of sp³-hybridized carbons (Fsp3) is 0.240. The number of hydrogen-bond acceptors (Lipinski definition) is 3. The maximum atomic E-state index is 4.71. The van der Waals surface area contributed by atoms with E-state index in [4.69, 9.17) is 5.10 Å². The van der Waals surface area contributed by atoms with E-state index in [1.54, 1.807) is 0 Å². The summed E-state index contributed by atoms with van der Waals surface area (Å²) in [5.41, 5.74) is 8.11. The van der Waals surface area contributed by atoms with Crippen molar-refractivity contribution in [3.05, 3.63) is 95.1 Å². The Balaban J connectivity index is 1.31. The van der Waals surface area contributed by atoms with Crippen molar-refractivity contribution < 1.29 is 0 Å². The average molecular weight is 367 g/mol. The summed E-state index contributed by atoms with van der Waals surface area (Å²) < 4.78 is 0. The molecule has 0 N–H and O–H groups in total. The van der Waals surface area contributed by atoms with Crippen LogP contribution in [-0.4, -0.2) is 42.3 Å². The molecule has 0 unspecified atom stereocenters. The minimum atomic E-state index is 0.371. The van der Waals surface area contributed by atoms with E-state index in [1.807, 2.05) is 6.21 Å². The van der Waals surface area contributed by atoms with Crippen LogP contribution in [0.1, 0.15) is 28.3 Å². The van der Waals surface area contributed by atoms with Gasteiger partial charge >= 0.3 is 0 Å². The number of benzene rings is 3. The lowest BCUT2D eigenvalue weighted by Crippen LogP contribution is -2.45. The van der Waals surface area contributed by atoms with Crippen LogP contribution in [0, 0.1) is 6.92 Å². The molecule has 1 fully saturated rings. The highest BCUT2D eigenvalue weighted by molar-refractivity contribution is 5.79. The molecule has 3 heteroatoms. The molecule has 140 valence electrons. The summed E-state index contributed by atoms with van der Waals surface area (Å²) in [6, 6.07) is 26.6. The van der Waals surface area contributed by atoms with E-state index >= 15 is 0 Å². The van der Waals surface area contributed by atoms with Gasteiger partial charge in [-0.25, -0.2) is 0 Å². The molecule has 0 atom stereocenters. The van der Waals surface area contributed by atoms with Crippen molar-refractivity contribution in [3.8, 4) is 11.1 Å². The van der Waals surface area contributed by atoms with Crippen LogP contribution in [0.4, 0.5) is 0 Å². The predicted octanol–water partition coefficient (Wildman–Crippen LogP) is 4.72. The van der Waals surface area contributed by atoms with Crippen molar-refractivity contribution in [1.29, 1.82) is 0 Å². The first-order valence-electron chi connectivity index (χ1n) is 10.1. The molecule has 1 saturated heterocycles. The van der Waals surface area contributed by atoms with Gasteiger partial charge in [0.05, 0.1) is 12.3 Å². The number of fused-ring (bicyclic) bond motifs is 3.